The van der Waals surface area contributed by atoms with E-state index in [0.717, 1.165) is 16.1 Å². The van der Waals surface area contributed by atoms with E-state index in [4.69, 9.17) is 11.6 Å². The van der Waals surface area contributed by atoms with Gasteiger partial charge < -0.3 is 10.4 Å². The fraction of sp³-hybridized carbons (Fsp3) is 0.200. The lowest BCUT2D eigenvalue weighted by Gasteiger charge is -2.15. The Morgan fingerprint density at radius 3 is 2.74 bits per heavy atom. The summed E-state index contributed by atoms with van der Waals surface area (Å²) in [5, 5.41) is 14.0. The van der Waals surface area contributed by atoms with Crippen molar-refractivity contribution in [1.29, 1.82) is 0 Å². The molecule has 2 nitrogen and oxygen atoms in total. The zero-order chi connectivity index (χ0) is 13.8. The SMILES string of the molecule is C[C@@H](NCc1cccc(Br)c1O)c1cccc(Cl)c1. The third kappa shape index (κ3) is 3.72. The van der Waals surface area contributed by atoms with Crippen LogP contribution in [-0.2, 0) is 6.54 Å². The van der Waals surface area contributed by atoms with E-state index >= 15 is 0 Å². The summed E-state index contributed by atoms with van der Waals surface area (Å²) in [6.07, 6.45) is 0. The summed E-state index contributed by atoms with van der Waals surface area (Å²) in [5.41, 5.74) is 1.99. The molecular weight excluding hydrogens is 326 g/mol. The molecule has 2 aromatic carbocycles. The molecule has 2 rings (SSSR count). The first-order chi connectivity index (χ1) is 9.08. The molecule has 0 heterocycles. The first kappa shape index (κ1) is 14.4. The molecule has 0 aromatic heterocycles. The Balaban J connectivity index is 2.04. The molecule has 2 aromatic rings. The molecule has 0 saturated carbocycles. The number of rotatable bonds is 4. The van der Waals surface area contributed by atoms with Crippen LogP contribution < -0.4 is 5.32 Å². The van der Waals surface area contributed by atoms with E-state index in [1.807, 2.05) is 42.5 Å². The molecule has 0 amide bonds. The van der Waals surface area contributed by atoms with Crippen LogP contribution in [0, 0.1) is 0 Å². The number of phenols is 1. The number of hydrogen-bond acceptors (Lipinski definition) is 2. The van der Waals surface area contributed by atoms with Crippen molar-refractivity contribution in [3.05, 3.63) is 63.1 Å². The van der Waals surface area contributed by atoms with Gasteiger partial charge in [0.05, 0.1) is 4.47 Å². The number of benzene rings is 2. The molecule has 0 aliphatic heterocycles. The largest absolute Gasteiger partial charge is 0.506 e. The summed E-state index contributed by atoms with van der Waals surface area (Å²) in [6, 6.07) is 13.6. The number of para-hydroxylation sites is 1. The third-order valence-electron chi connectivity index (χ3n) is 3.02. The highest BCUT2D eigenvalue weighted by Crippen LogP contribution is 2.27. The van der Waals surface area contributed by atoms with Gasteiger partial charge in [-0.25, -0.2) is 0 Å². The van der Waals surface area contributed by atoms with E-state index in [-0.39, 0.29) is 11.8 Å². The van der Waals surface area contributed by atoms with E-state index in [9.17, 15) is 5.11 Å². The predicted molar refractivity (Wildman–Crippen MR) is 82.5 cm³/mol. The van der Waals surface area contributed by atoms with Crippen LogP contribution in [0.3, 0.4) is 0 Å². The second kappa shape index (κ2) is 6.42. The maximum absolute atomic E-state index is 9.92. The fourth-order valence-corrected chi connectivity index (χ4v) is 2.47. The third-order valence-corrected chi connectivity index (χ3v) is 3.89. The molecule has 1 atom stereocenters. The zero-order valence-corrected chi connectivity index (χ0v) is 12.9. The van der Waals surface area contributed by atoms with Crippen LogP contribution in [0.1, 0.15) is 24.1 Å². The smallest absolute Gasteiger partial charge is 0.134 e. The second-order valence-corrected chi connectivity index (χ2v) is 5.70. The molecule has 19 heavy (non-hydrogen) atoms. The van der Waals surface area contributed by atoms with Gasteiger partial charge in [0.15, 0.2) is 0 Å². The molecule has 0 spiro atoms. The minimum Gasteiger partial charge on any atom is -0.506 e. The van der Waals surface area contributed by atoms with Gasteiger partial charge in [-0.05, 0) is 46.6 Å². The average molecular weight is 341 g/mol. The molecule has 2 N–H and O–H groups in total. The van der Waals surface area contributed by atoms with Gasteiger partial charge in [0.25, 0.3) is 0 Å². The number of halogens is 2. The van der Waals surface area contributed by atoms with Crippen LogP contribution in [0.4, 0.5) is 0 Å². The van der Waals surface area contributed by atoms with Crippen LogP contribution in [0.15, 0.2) is 46.9 Å². The van der Waals surface area contributed by atoms with E-state index in [1.165, 1.54) is 0 Å². The second-order valence-electron chi connectivity index (χ2n) is 4.41. The van der Waals surface area contributed by atoms with Crippen molar-refractivity contribution in [2.45, 2.75) is 19.5 Å². The molecule has 4 heteroatoms. The maximum Gasteiger partial charge on any atom is 0.134 e. The first-order valence-corrected chi connectivity index (χ1v) is 7.20. The normalized spacial score (nSPS) is 12.4. The topological polar surface area (TPSA) is 32.3 Å². The predicted octanol–water partition coefficient (Wildman–Crippen LogP) is 4.66. The Bertz CT molecular complexity index is 574. The lowest BCUT2D eigenvalue weighted by Crippen LogP contribution is -2.18. The lowest BCUT2D eigenvalue weighted by atomic mass is 10.1. The Morgan fingerprint density at radius 2 is 2.00 bits per heavy atom. The summed E-state index contributed by atoms with van der Waals surface area (Å²) in [5.74, 6) is 0.285. The summed E-state index contributed by atoms with van der Waals surface area (Å²) < 4.78 is 0.710. The van der Waals surface area contributed by atoms with Crippen LogP contribution in [0.5, 0.6) is 5.75 Å². The monoisotopic (exact) mass is 339 g/mol. The zero-order valence-electron chi connectivity index (χ0n) is 10.5. The van der Waals surface area contributed by atoms with Crippen LogP contribution in [0.25, 0.3) is 0 Å². The van der Waals surface area contributed by atoms with Crippen molar-refractivity contribution in [2.24, 2.45) is 0 Å². The number of aromatic hydroxyl groups is 1. The van der Waals surface area contributed by atoms with Crippen molar-refractivity contribution in [3.8, 4) is 5.75 Å². The summed E-state index contributed by atoms with van der Waals surface area (Å²) in [6.45, 7) is 2.67. The molecule has 0 aliphatic rings. The molecule has 0 saturated heterocycles. The summed E-state index contributed by atoms with van der Waals surface area (Å²) >= 11 is 9.29. The Hall–Kier alpha value is -1.03. The number of nitrogens with one attached hydrogen (secondary N) is 1. The van der Waals surface area contributed by atoms with E-state index in [0.29, 0.717) is 11.0 Å². The van der Waals surface area contributed by atoms with Gasteiger partial charge in [-0.1, -0.05) is 35.9 Å². The van der Waals surface area contributed by atoms with Gasteiger partial charge in [0, 0.05) is 23.2 Å². The van der Waals surface area contributed by atoms with Crippen LogP contribution >= 0.6 is 27.5 Å². The van der Waals surface area contributed by atoms with Gasteiger partial charge in [-0.3, -0.25) is 0 Å². The van der Waals surface area contributed by atoms with Gasteiger partial charge in [-0.2, -0.15) is 0 Å². The molecule has 0 aliphatic carbocycles. The molecule has 100 valence electrons. The Morgan fingerprint density at radius 1 is 1.26 bits per heavy atom. The summed E-state index contributed by atoms with van der Waals surface area (Å²) in [4.78, 5) is 0. The average Bonchev–Trinajstić information content (AvgIpc) is 2.40. The van der Waals surface area contributed by atoms with Crippen molar-refractivity contribution >= 4 is 27.5 Å². The van der Waals surface area contributed by atoms with E-state index < -0.39 is 0 Å². The standard InChI is InChI=1S/C15H15BrClNO/c1-10(11-4-2-6-13(17)8-11)18-9-12-5-3-7-14(16)15(12)19/h2-8,10,18-19H,9H2,1H3/t10-/m1/s1. The fourth-order valence-electron chi connectivity index (χ4n) is 1.86. The van der Waals surface area contributed by atoms with E-state index in [2.05, 4.69) is 28.2 Å². The van der Waals surface area contributed by atoms with Crippen molar-refractivity contribution in [2.75, 3.05) is 0 Å². The minimum absolute atomic E-state index is 0.164. The minimum atomic E-state index is 0.164. The molecule has 0 radical (unpaired) electrons. The quantitative estimate of drug-likeness (QED) is 0.848. The van der Waals surface area contributed by atoms with Crippen LogP contribution in [0.2, 0.25) is 5.02 Å². The Kier molecular flexibility index (Phi) is 4.86. The Labute approximate surface area is 126 Å². The molecule has 0 fully saturated rings. The van der Waals surface area contributed by atoms with Gasteiger partial charge in [0.2, 0.25) is 0 Å². The van der Waals surface area contributed by atoms with Gasteiger partial charge in [-0.15, -0.1) is 0 Å². The maximum atomic E-state index is 9.92. The molecule has 0 bridgehead atoms. The lowest BCUT2D eigenvalue weighted by molar-refractivity contribution is 0.457. The van der Waals surface area contributed by atoms with Crippen molar-refractivity contribution < 1.29 is 5.11 Å². The van der Waals surface area contributed by atoms with Crippen molar-refractivity contribution in [1.82, 2.24) is 5.32 Å². The number of phenolic OH excluding ortho intramolecular Hbond substituents is 1. The van der Waals surface area contributed by atoms with Gasteiger partial charge >= 0.3 is 0 Å². The van der Waals surface area contributed by atoms with Crippen LogP contribution in [-0.4, -0.2) is 5.11 Å². The molecular formula is C15H15BrClNO. The van der Waals surface area contributed by atoms with E-state index in [1.54, 1.807) is 0 Å². The molecule has 0 unspecified atom stereocenters. The van der Waals surface area contributed by atoms with Crippen molar-refractivity contribution in [3.63, 3.8) is 0 Å². The number of hydrogen-bond donors (Lipinski definition) is 2. The first-order valence-electron chi connectivity index (χ1n) is 6.03. The highest BCUT2D eigenvalue weighted by molar-refractivity contribution is 9.10. The highest BCUT2D eigenvalue weighted by Gasteiger charge is 2.08. The highest BCUT2D eigenvalue weighted by atomic mass is 79.9. The van der Waals surface area contributed by atoms with Gasteiger partial charge in [0.1, 0.15) is 5.75 Å². The summed E-state index contributed by atoms with van der Waals surface area (Å²) in [7, 11) is 0.